The van der Waals surface area contributed by atoms with E-state index in [1.165, 1.54) is 4.21 Å². The van der Waals surface area contributed by atoms with Gasteiger partial charge in [0.05, 0.1) is 10.8 Å². The lowest BCUT2D eigenvalue weighted by Crippen LogP contribution is -2.18. The molecule has 2 aromatic heterocycles. The Bertz CT molecular complexity index is 445. The number of ether oxygens (including phenoxy) is 1. The van der Waals surface area contributed by atoms with Gasteiger partial charge in [-0.1, -0.05) is 6.07 Å². The molecule has 0 aliphatic rings. The van der Waals surface area contributed by atoms with Crippen LogP contribution in [0.1, 0.15) is 5.56 Å². The summed E-state index contributed by atoms with van der Waals surface area (Å²) in [7, 11) is 1.70. The van der Waals surface area contributed by atoms with Crippen LogP contribution < -0.4 is 5.32 Å². The third-order valence-corrected chi connectivity index (χ3v) is 4.11. The maximum Gasteiger partial charge on any atom is 0.193 e. The second-order valence-corrected chi connectivity index (χ2v) is 5.79. The molecule has 0 amide bonds. The van der Waals surface area contributed by atoms with Crippen LogP contribution in [0.5, 0.6) is 0 Å². The van der Waals surface area contributed by atoms with Crippen LogP contribution in [-0.4, -0.2) is 30.2 Å². The molecule has 0 fully saturated rings. The first-order valence-corrected chi connectivity index (χ1v) is 7.30. The highest BCUT2D eigenvalue weighted by molar-refractivity contribution is 8.01. The van der Waals surface area contributed by atoms with Gasteiger partial charge in [-0.15, -0.1) is 11.3 Å². The van der Waals surface area contributed by atoms with Crippen LogP contribution in [-0.2, 0) is 11.3 Å². The molecular weight excluding hydrogens is 266 g/mol. The lowest BCUT2D eigenvalue weighted by Gasteiger charge is -2.04. The molecule has 6 heteroatoms. The molecule has 2 heterocycles. The van der Waals surface area contributed by atoms with Crippen molar-refractivity contribution in [1.82, 2.24) is 15.3 Å². The van der Waals surface area contributed by atoms with Crippen molar-refractivity contribution in [3.63, 3.8) is 0 Å². The normalized spacial score (nSPS) is 10.7. The summed E-state index contributed by atoms with van der Waals surface area (Å²) in [4.78, 5) is 8.68. The smallest absolute Gasteiger partial charge is 0.193 e. The largest absolute Gasteiger partial charge is 0.383 e. The number of aromatic nitrogens is 2. The van der Waals surface area contributed by atoms with E-state index >= 15 is 0 Å². The molecule has 2 aromatic rings. The second kappa shape index (κ2) is 7.48. The van der Waals surface area contributed by atoms with Gasteiger partial charge in [-0.3, -0.25) is 0 Å². The predicted octanol–water partition coefficient (Wildman–Crippen LogP) is 2.43. The van der Waals surface area contributed by atoms with Crippen LogP contribution in [0, 0.1) is 0 Å². The van der Waals surface area contributed by atoms with Crippen molar-refractivity contribution in [3.05, 3.63) is 35.5 Å². The Hall–Kier alpha value is -0.950. The summed E-state index contributed by atoms with van der Waals surface area (Å²) < 4.78 is 6.17. The highest BCUT2D eigenvalue weighted by Crippen LogP contribution is 2.28. The third kappa shape index (κ3) is 4.38. The van der Waals surface area contributed by atoms with E-state index in [1.807, 2.05) is 18.5 Å². The van der Waals surface area contributed by atoms with Gasteiger partial charge in [-0.25, -0.2) is 9.97 Å². The molecule has 0 bridgehead atoms. The summed E-state index contributed by atoms with van der Waals surface area (Å²) in [6, 6.07) is 4.10. The zero-order valence-electron chi connectivity index (χ0n) is 10.1. The molecular formula is C12H15N3OS2. The van der Waals surface area contributed by atoms with E-state index in [0.717, 1.165) is 23.8 Å². The maximum absolute atomic E-state index is 4.96. The second-order valence-electron chi connectivity index (χ2n) is 3.58. The first-order chi connectivity index (χ1) is 8.88. The van der Waals surface area contributed by atoms with Crippen molar-refractivity contribution in [1.29, 1.82) is 0 Å². The zero-order chi connectivity index (χ0) is 12.6. The Kier molecular flexibility index (Phi) is 5.60. The van der Waals surface area contributed by atoms with Gasteiger partial charge < -0.3 is 10.1 Å². The van der Waals surface area contributed by atoms with Gasteiger partial charge in [0.1, 0.15) is 0 Å². The highest BCUT2D eigenvalue weighted by Gasteiger charge is 2.01. The van der Waals surface area contributed by atoms with E-state index in [9.17, 15) is 0 Å². The monoisotopic (exact) mass is 281 g/mol. The molecule has 18 heavy (non-hydrogen) atoms. The standard InChI is InChI=1S/C12H15N3OS2/c1-16-5-4-13-7-10-8-14-12(15-9-10)18-11-3-2-6-17-11/h2-3,6,8-9,13H,4-5,7H2,1H3. The summed E-state index contributed by atoms with van der Waals surface area (Å²) in [5, 5.41) is 6.10. The van der Waals surface area contributed by atoms with E-state index in [2.05, 4.69) is 26.7 Å². The van der Waals surface area contributed by atoms with Gasteiger partial charge in [0.15, 0.2) is 5.16 Å². The summed E-state index contributed by atoms with van der Waals surface area (Å²) in [5.74, 6) is 0. The lowest BCUT2D eigenvalue weighted by atomic mass is 10.3. The van der Waals surface area contributed by atoms with Gasteiger partial charge in [0, 0.05) is 38.2 Å². The highest BCUT2D eigenvalue weighted by atomic mass is 32.2. The summed E-state index contributed by atoms with van der Waals surface area (Å²) in [6.45, 7) is 2.32. The van der Waals surface area contributed by atoms with Gasteiger partial charge in [0.2, 0.25) is 0 Å². The molecule has 0 atom stereocenters. The van der Waals surface area contributed by atoms with E-state index in [-0.39, 0.29) is 0 Å². The number of hydrogen-bond acceptors (Lipinski definition) is 6. The van der Waals surface area contributed by atoms with Crippen LogP contribution in [0.15, 0.2) is 39.3 Å². The van der Waals surface area contributed by atoms with Gasteiger partial charge in [-0.2, -0.15) is 0 Å². The first-order valence-electron chi connectivity index (χ1n) is 5.60. The average Bonchev–Trinajstić information content (AvgIpc) is 2.89. The van der Waals surface area contributed by atoms with Crippen molar-refractivity contribution in [2.45, 2.75) is 15.9 Å². The van der Waals surface area contributed by atoms with E-state index in [0.29, 0.717) is 6.61 Å². The number of rotatable bonds is 7. The van der Waals surface area contributed by atoms with Crippen LogP contribution >= 0.6 is 23.1 Å². The topological polar surface area (TPSA) is 47.0 Å². The quantitative estimate of drug-likeness (QED) is 0.624. The van der Waals surface area contributed by atoms with Crippen molar-refractivity contribution >= 4 is 23.1 Å². The number of nitrogens with one attached hydrogen (secondary N) is 1. The van der Waals surface area contributed by atoms with Crippen LogP contribution in [0.25, 0.3) is 0 Å². The molecule has 0 radical (unpaired) electrons. The molecule has 0 saturated heterocycles. The minimum atomic E-state index is 0.715. The minimum Gasteiger partial charge on any atom is -0.383 e. The molecule has 1 N–H and O–H groups in total. The lowest BCUT2D eigenvalue weighted by molar-refractivity contribution is 0.199. The first kappa shape index (κ1) is 13.5. The number of methoxy groups -OCH3 is 1. The molecule has 0 aliphatic carbocycles. The van der Waals surface area contributed by atoms with Crippen molar-refractivity contribution in [3.8, 4) is 0 Å². The molecule has 0 spiro atoms. The average molecular weight is 281 g/mol. The molecule has 0 saturated carbocycles. The van der Waals surface area contributed by atoms with E-state index in [1.54, 1.807) is 30.2 Å². The van der Waals surface area contributed by atoms with Gasteiger partial charge >= 0.3 is 0 Å². The molecule has 2 rings (SSSR count). The zero-order valence-corrected chi connectivity index (χ0v) is 11.8. The number of hydrogen-bond donors (Lipinski definition) is 1. The molecule has 0 aliphatic heterocycles. The summed E-state index contributed by atoms with van der Waals surface area (Å²) in [5.41, 5.74) is 1.08. The van der Waals surface area contributed by atoms with Crippen molar-refractivity contribution in [2.24, 2.45) is 0 Å². The summed E-state index contributed by atoms with van der Waals surface area (Å²) >= 11 is 3.29. The van der Waals surface area contributed by atoms with Gasteiger partial charge in [0.25, 0.3) is 0 Å². The van der Waals surface area contributed by atoms with Crippen LogP contribution in [0.4, 0.5) is 0 Å². The number of nitrogens with zero attached hydrogens (tertiary/aromatic N) is 2. The third-order valence-electron chi connectivity index (χ3n) is 2.18. The van der Waals surface area contributed by atoms with E-state index < -0.39 is 0 Å². The van der Waals surface area contributed by atoms with Gasteiger partial charge in [-0.05, 0) is 23.2 Å². The predicted molar refractivity (Wildman–Crippen MR) is 74.1 cm³/mol. The van der Waals surface area contributed by atoms with Crippen LogP contribution in [0.2, 0.25) is 0 Å². The van der Waals surface area contributed by atoms with E-state index in [4.69, 9.17) is 4.74 Å². The van der Waals surface area contributed by atoms with Crippen molar-refractivity contribution < 1.29 is 4.74 Å². The minimum absolute atomic E-state index is 0.715. The molecule has 96 valence electrons. The Morgan fingerprint density at radius 3 is 2.89 bits per heavy atom. The SMILES string of the molecule is COCCNCc1cnc(Sc2cccs2)nc1. The molecule has 4 nitrogen and oxygen atoms in total. The molecule has 0 unspecified atom stereocenters. The Labute approximate surface area is 115 Å². The fourth-order valence-corrected chi connectivity index (χ4v) is 2.87. The Balaban J connectivity index is 1.82. The summed E-state index contributed by atoms with van der Waals surface area (Å²) in [6.07, 6.45) is 3.73. The Morgan fingerprint density at radius 2 is 2.22 bits per heavy atom. The fourth-order valence-electron chi connectivity index (χ4n) is 1.31. The Morgan fingerprint density at radius 1 is 1.39 bits per heavy atom. The van der Waals surface area contributed by atoms with Crippen molar-refractivity contribution in [2.75, 3.05) is 20.3 Å². The molecule has 0 aromatic carbocycles. The number of thiophene rings is 1. The van der Waals surface area contributed by atoms with Crippen LogP contribution in [0.3, 0.4) is 0 Å². The fraction of sp³-hybridized carbons (Fsp3) is 0.333. The maximum atomic E-state index is 4.96.